The van der Waals surface area contributed by atoms with E-state index in [1.54, 1.807) is 30.1 Å². The summed E-state index contributed by atoms with van der Waals surface area (Å²) in [6.07, 6.45) is 0. The molecular weight excluding hydrogens is 340 g/mol. The topological polar surface area (TPSA) is 46.3 Å². The molecule has 0 aliphatic rings. The van der Waals surface area contributed by atoms with Gasteiger partial charge >= 0.3 is 0 Å². The van der Waals surface area contributed by atoms with Crippen LogP contribution in [-0.4, -0.2) is 17.9 Å². The number of rotatable bonds is 3. The molecule has 1 amide bonds. The van der Waals surface area contributed by atoms with Gasteiger partial charge in [0.25, 0.3) is 5.91 Å². The molecule has 0 radical (unpaired) electrons. The SMILES string of the molecule is CN(Cc1ccccc1N)C(=O)c1cc(Br)ccc1Cl. The average molecular weight is 354 g/mol. The van der Waals surface area contributed by atoms with Gasteiger partial charge in [-0.1, -0.05) is 45.7 Å². The number of halogens is 2. The highest BCUT2D eigenvalue weighted by Gasteiger charge is 2.16. The van der Waals surface area contributed by atoms with Gasteiger partial charge in [-0.15, -0.1) is 0 Å². The van der Waals surface area contributed by atoms with Crippen LogP contribution in [0.2, 0.25) is 5.02 Å². The van der Waals surface area contributed by atoms with Crippen LogP contribution in [0.15, 0.2) is 46.9 Å². The van der Waals surface area contributed by atoms with Gasteiger partial charge in [-0.25, -0.2) is 0 Å². The molecule has 0 aliphatic carbocycles. The molecule has 3 nitrogen and oxygen atoms in total. The number of nitrogen functional groups attached to an aromatic ring is 1. The standard InChI is InChI=1S/C15H14BrClN2O/c1-19(9-10-4-2-3-5-14(10)18)15(20)12-8-11(16)6-7-13(12)17/h2-8H,9,18H2,1H3. The fourth-order valence-electron chi connectivity index (χ4n) is 1.87. The maximum Gasteiger partial charge on any atom is 0.255 e. The zero-order valence-corrected chi connectivity index (χ0v) is 13.3. The van der Waals surface area contributed by atoms with Crippen LogP contribution in [-0.2, 0) is 6.54 Å². The van der Waals surface area contributed by atoms with Gasteiger partial charge in [-0.2, -0.15) is 0 Å². The third-order valence-corrected chi connectivity index (χ3v) is 3.79. The van der Waals surface area contributed by atoms with Gasteiger partial charge < -0.3 is 10.6 Å². The Morgan fingerprint density at radius 2 is 2.00 bits per heavy atom. The van der Waals surface area contributed by atoms with E-state index in [1.807, 2.05) is 24.3 Å². The van der Waals surface area contributed by atoms with E-state index in [1.165, 1.54) is 0 Å². The fourth-order valence-corrected chi connectivity index (χ4v) is 2.43. The molecule has 0 unspecified atom stereocenters. The van der Waals surface area contributed by atoms with Crippen LogP contribution < -0.4 is 5.73 Å². The van der Waals surface area contributed by atoms with Crippen LogP contribution in [0.1, 0.15) is 15.9 Å². The van der Waals surface area contributed by atoms with E-state index in [4.69, 9.17) is 17.3 Å². The lowest BCUT2D eigenvalue weighted by Gasteiger charge is -2.19. The molecule has 0 saturated heterocycles. The molecule has 20 heavy (non-hydrogen) atoms. The Kier molecular flexibility index (Phi) is 4.68. The molecule has 2 N–H and O–H groups in total. The van der Waals surface area contributed by atoms with Gasteiger partial charge in [-0.3, -0.25) is 4.79 Å². The van der Waals surface area contributed by atoms with E-state index in [9.17, 15) is 4.79 Å². The number of amides is 1. The quantitative estimate of drug-likeness (QED) is 0.849. The van der Waals surface area contributed by atoms with Crippen molar-refractivity contribution >= 4 is 39.1 Å². The third-order valence-electron chi connectivity index (χ3n) is 2.97. The second-order valence-electron chi connectivity index (χ2n) is 4.48. The van der Waals surface area contributed by atoms with Gasteiger partial charge in [0, 0.05) is 23.8 Å². The molecule has 0 atom stereocenters. The molecule has 104 valence electrons. The van der Waals surface area contributed by atoms with Crippen molar-refractivity contribution < 1.29 is 4.79 Å². The summed E-state index contributed by atoms with van der Waals surface area (Å²) in [5, 5.41) is 0.436. The molecule has 0 fully saturated rings. The predicted molar refractivity (Wildman–Crippen MR) is 85.8 cm³/mol. The molecule has 2 rings (SSSR count). The number of para-hydroxylation sites is 1. The van der Waals surface area contributed by atoms with Crippen molar-refractivity contribution in [3.8, 4) is 0 Å². The summed E-state index contributed by atoms with van der Waals surface area (Å²) in [4.78, 5) is 14.0. The first-order chi connectivity index (χ1) is 9.49. The largest absolute Gasteiger partial charge is 0.398 e. The zero-order valence-electron chi connectivity index (χ0n) is 10.9. The summed E-state index contributed by atoms with van der Waals surface area (Å²) in [6, 6.07) is 12.7. The predicted octanol–water partition coefficient (Wildman–Crippen LogP) is 3.96. The number of anilines is 1. The Hall–Kier alpha value is -1.52. The number of hydrogen-bond donors (Lipinski definition) is 1. The number of hydrogen-bond acceptors (Lipinski definition) is 2. The molecule has 0 bridgehead atoms. The first-order valence-corrected chi connectivity index (χ1v) is 7.20. The van der Waals surface area contributed by atoms with E-state index in [0.29, 0.717) is 22.8 Å². The Labute approximate surface area is 131 Å². The summed E-state index contributed by atoms with van der Waals surface area (Å²) in [5.74, 6) is -0.139. The maximum absolute atomic E-state index is 12.4. The van der Waals surface area contributed by atoms with Crippen molar-refractivity contribution in [2.24, 2.45) is 0 Å². The molecule has 2 aromatic rings. The van der Waals surface area contributed by atoms with Gasteiger partial charge in [0.15, 0.2) is 0 Å². The Balaban J connectivity index is 2.21. The molecule has 0 spiro atoms. The van der Waals surface area contributed by atoms with Gasteiger partial charge in [0.05, 0.1) is 10.6 Å². The smallest absolute Gasteiger partial charge is 0.255 e. The highest BCUT2D eigenvalue weighted by molar-refractivity contribution is 9.10. The number of nitrogens with zero attached hydrogens (tertiary/aromatic N) is 1. The average Bonchev–Trinajstić information content (AvgIpc) is 2.43. The normalized spacial score (nSPS) is 10.3. The molecule has 0 saturated carbocycles. The van der Waals surface area contributed by atoms with E-state index >= 15 is 0 Å². The van der Waals surface area contributed by atoms with E-state index in [-0.39, 0.29) is 5.91 Å². The first-order valence-electron chi connectivity index (χ1n) is 6.03. The fraction of sp³-hybridized carbons (Fsp3) is 0.133. The van der Waals surface area contributed by atoms with Crippen molar-refractivity contribution in [3.05, 3.63) is 63.1 Å². The third kappa shape index (κ3) is 3.32. The number of benzene rings is 2. The lowest BCUT2D eigenvalue weighted by atomic mass is 10.1. The van der Waals surface area contributed by atoms with Crippen LogP contribution >= 0.6 is 27.5 Å². The van der Waals surface area contributed by atoms with Crippen molar-refractivity contribution in [1.82, 2.24) is 4.90 Å². The number of carbonyl (C=O) groups is 1. The van der Waals surface area contributed by atoms with Crippen molar-refractivity contribution in [2.75, 3.05) is 12.8 Å². The van der Waals surface area contributed by atoms with Crippen LogP contribution in [0, 0.1) is 0 Å². The maximum atomic E-state index is 12.4. The summed E-state index contributed by atoms with van der Waals surface area (Å²) >= 11 is 9.42. The highest BCUT2D eigenvalue weighted by Crippen LogP contribution is 2.23. The molecule has 5 heteroatoms. The summed E-state index contributed by atoms with van der Waals surface area (Å²) in [7, 11) is 1.73. The van der Waals surface area contributed by atoms with Gasteiger partial charge in [0.2, 0.25) is 0 Å². The molecule has 0 aliphatic heterocycles. The van der Waals surface area contributed by atoms with E-state index in [0.717, 1.165) is 10.0 Å². The lowest BCUT2D eigenvalue weighted by Crippen LogP contribution is -2.26. The van der Waals surface area contributed by atoms with Gasteiger partial charge in [-0.05, 0) is 29.8 Å². The Morgan fingerprint density at radius 1 is 1.30 bits per heavy atom. The van der Waals surface area contributed by atoms with Gasteiger partial charge in [0.1, 0.15) is 0 Å². The minimum Gasteiger partial charge on any atom is -0.398 e. The monoisotopic (exact) mass is 352 g/mol. The van der Waals surface area contributed by atoms with E-state index < -0.39 is 0 Å². The van der Waals surface area contributed by atoms with Crippen LogP contribution in [0.4, 0.5) is 5.69 Å². The molecule has 2 aromatic carbocycles. The van der Waals surface area contributed by atoms with Crippen molar-refractivity contribution in [3.63, 3.8) is 0 Å². The summed E-state index contributed by atoms with van der Waals surface area (Å²) in [6.45, 7) is 0.439. The second-order valence-corrected chi connectivity index (χ2v) is 5.81. The highest BCUT2D eigenvalue weighted by atomic mass is 79.9. The Morgan fingerprint density at radius 3 is 2.70 bits per heavy atom. The lowest BCUT2D eigenvalue weighted by molar-refractivity contribution is 0.0785. The van der Waals surface area contributed by atoms with Crippen LogP contribution in [0.5, 0.6) is 0 Å². The number of carbonyl (C=O) groups excluding carboxylic acids is 1. The minimum atomic E-state index is -0.139. The van der Waals surface area contributed by atoms with E-state index in [2.05, 4.69) is 15.9 Å². The molecular formula is C15H14BrClN2O. The summed E-state index contributed by atoms with van der Waals surface area (Å²) in [5.41, 5.74) is 7.95. The van der Waals surface area contributed by atoms with Crippen molar-refractivity contribution in [1.29, 1.82) is 0 Å². The first kappa shape index (κ1) is 14.9. The Bertz CT molecular complexity index is 646. The molecule has 0 heterocycles. The van der Waals surface area contributed by atoms with Crippen LogP contribution in [0.3, 0.4) is 0 Å². The number of nitrogens with two attached hydrogens (primary N) is 1. The zero-order chi connectivity index (χ0) is 14.7. The van der Waals surface area contributed by atoms with Crippen LogP contribution in [0.25, 0.3) is 0 Å². The second kappa shape index (κ2) is 6.29. The molecule has 0 aromatic heterocycles. The summed E-state index contributed by atoms with van der Waals surface area (Å²) < 4.78 is 0.817. The minimum absolute atomic E-state index is 0.139. The van der Waals surface area contributed by atoms with Crippen molar-refractivity contribution in [2.45, 2.75) is 6.54 Å².